The number of amides is 2. The van der Waals surface area contributed by atoms with Gasteiger partial charge < -0.3 is 15.4 Å². The van der Waals surface area contributed by atoms with Crippen LogP contribution in [-0.2, 0) is 16.1 Å². The van der Waals surface area contributed by atoms with Crippen LogP contribution in [0.4, 0.5) is 5.69 Å². The number of pyridine rings is 1. The molecule has 0 fully saturated rings. The van der Waals surface area contributed by atoms with Gasteiger partial charge in [-0.05, 0) is 36.4 Å². The summed E-state index contributed by atoms with van der Waals surface area (Å²) >= 11 is 0. The lowest BCUT2D eigenvalue weighted by Gasteiger charge is -2.07. The Bertz CT molecular complexity index is 612. The number of hydrogen-bond donors (Lipinski definition) is 2. The van der Waals surface area contributed by atoms with E-state index < -0.39 is 11.8 Å². The zero-order valence-electron chi connectivity index (χ0n) is 11.5. The van der Waals surface area contributed by atoms with Gasteiger partial charge in [-0.15, -0.1) is 0 Å². The molecule has 2 N–H and O–H groups in total. The second-order valence-electron chi connectivity index (χ2n) is 4.19. The number of anilines is 1. The third kappa shape index (κ3) is 4.31. The van der Waals surface area contributed by atoms with Crippen molar-refractivity contribution in [2.75, 3.05) is 12.4 Å². The van der Waals surface area contributed by atoms with E-state index in [2.05, 4.69) is 15.6 Å². The van der Waals surface area contributed by atoms with Gasteiger partial charge in [-0.3, -0.25) is 14.6 Å². The van der Waals surface area contributed by atoms with Crippen molar-refractivity contribution in [3.8, 4) is 5.75 Å². The Morgan fingerprint density at radius 1 is 1.10 bits per heavy atom. The highest BCUT2D eigenvalue weighted by Crippen LogP contribution is 2.14. The van der Waals surface area contributed by atoms with Gasteiger partial charge in [0.2, 0.25) is 0 Å². The molecule has 6 heteroatoms. The van der Waals surface area contributed by atoms with Gasteiger partial charge in [0.1, 0.15) is 5.75 Å². The predicted octanol–water partition coefficient (Wildman–Crippen LogP) is 1.35. The summed E-state index contributed by atoms with van der Waals surface area (Å²) in [7, 11) is 1.55. The van der Waals surface area contributed by atoms with Crippen molar-refractivity contribution in [2.45, 2.75) is 6.54 Å². The van der Waals surface area contributed by atoms with Crippen molar-refractivity contribution in [2.24, 2.45) is 0 Å². The molecule has 2 aromatic rings. The smallest absolute Gasteiger partial charge is 0.313 e. The number of rotatable bonds is 4. The highest BCUT2D eigenvalue weighted by atomic mass is 16.5. The van der Waals surface area contributed by atoms with Crippen LogP contribution in [-0.4, -0.2) is 23.9 Å². The summed E-state index contributed by atoms with van der Waals surface area (Å²) in [6, 6.07) is 12.1. The van der Waals surface area contributed by atoms with Gasteiger partial charge in [-0.1, -0.05) is 6.07 Å². The highest BCUT2D eigenvalue weighted by molar-refractivity contribution is 6.39. The van der Waals surface area contributed by atoms with Crippen LogP contribution < -0.4 is 15.4 Å². The molecule has 0 aliphatic rings. The Balaban J connectivity index is 1.86. The lowest BCUT2D eigenvalue weighted by molar-refractivity contribution is -0.136. The third-order valence-corrected chi connectivity index (χ3v) is 2.71. The van der Waals surface area contributed by atoms with E-state index in [1.54, 1.807) is 49.7 Å². The molecule has 0 saturated heterocycles. The second-order valence-corrected chi connectivity index (χ2v) is 4.19. The van der Waals surface area contributed by atoms with Gasteiger partial charge in [0, 0.05) is 11.9 Å². The minimum atomic E-state index is -0.726. The van der Waals surface area contributed by atoms with Crippen LogP contribution in [0.25, 0.3) is 0 Å². The number of ether oxygens (including phenoxy) is 1. The fourth-order valence-electron chi connectivity index (χ4n) is 1.62. The molecule has 0 aliphatic carbocycles. The average molecular weight is 285 g/mol. The lowest BCUT2D eigenvalue weighted by atomic mass is 10.3. The summed E-state index contributed by atoms with van der Waals surface area (Å²) < 4.78 is 5.01. The first kappa shape index (κ1) is 14.5. The first-order chi connectivity index (χ1) is 10.2. The van der Waals surface area contributed by atoms with Crippen LogP contribution in [0.15, 0.2) is 48.7 Å². The fourth-order valence-corrected chi connectivity index (χ4v) is 1.62. The third-order valence-electron chi connectivity index (χ3n) is 2.71. The van der Waals surface area contributed by atoms with Crippen molar-refractivity contribution in [1.29, 1.82) is 0 Å². The molecule has 1 aromatic heterocycles. The van der Waals surface area contributed by atoms with Crippen LogP contribution in [0.1, 0.15) is 5.69 Å². The number of carbonyl (C=O) groups is 2. The number of benzene rings is 1. The average Bonchev–Trinajstić information content (AvgIpc) is 2.54. The second kappa shape index (κ2) is 7.04. The fraction of sp³-hybridized carbons (Fsp3) is 0.133. The maximum Gasteiger partial charge on any atom is 0.313 e. The van der Waals surface area contributed by atoms with Crippen molar-refractivity contribution >= 4 is 17.5 Å². The van der Waals surface area contributed by atoms with E-state index in [0.717, 1.165) is 0 Å². The Labute approximate surface area is 122 Å². The molecule has 0 unspecified atom stereocenters. The summed E-state index contributed by atoms with van der Waals surface area (Å²) in [6.07, 6.45) is 1.62. The van der Waals surface area contributed by atoms with E-state index in [1.807, 2.05) is 6.07 Å². The Morgan fingerprint density at radius 3 is 2.48 bits per heavy atom. The number of nitrogens with zero attached hydrogens (tertiary/aromatic N) is 1. The molecule has 1 aromatic carbocycles. The summed E-state index contributed by atoms with van der Waals surface area (Å²) in [6.45, 7) is 0.204. The zero-order chi connectivity index (χ0) is 15.1. The van der Waals surface area contributed by atoms with E-state index in [9.17, 15) is 9.59 Å². The first-order valence-electron chi connectivity index (χ1n) is 6.32. The molecule has 0 saturated carbocycles. The molecular formula is C15H15N3O3. The quantitative estimate of drug-likeness (QED) is 0.831. The number of methoxy groups -OCH3 is 1. The summed E-state index contributed by atoms with van der Waals surface area (Å²) in [5.74, 6) is -0.764. The van der Waals surface area contributed by atoms with Gasteiger partial charge in [-0.2, -0.15) is 0 Å². The lowest BCUT2D eigenvalue weighted by Crippen LogP contribution is -2.35. The molecule has 0 aliphatic heterocycles. The molecular weight excluding hydrogens is 270 g/mol. The molecule has 0 spiro atoms. The van der Waals surface area contributed by atoms with Gasteiger partial charge in [-0.25, -0.2) is 0 Å². The summed E-state index contributed by atoms with van der Waals surface area (Å²) in [4.78, 5) is 27.4. The minimum Gasteiger partial charge on any atom is -0.497 e. The van der Waals surface area contributed by atoms with E-state index >= 15 is 0 Å². The monoisotopic (exact) mass is 285 g/mol. The van der Waals surface area contributed by atoms with Crippen LogP contribution in [0, 0.1) is 0 Å². The van der Waals surface area contributed by atoms with E-state index in [1.165, 1.54) is 0 Å². The normalized spacial score (nSPS) is 9.76. The van der Waals surface area contributed by atoms with Gasteiger partial charge >= 0.3 is 11.8 Å². The predicted molar refractivity (Wildman–Crippen MR) is 77.7 cm³/mol. The first-order valence-corrected chi connectivity index (χ1v) is 6.32. The summed E-state index contributed by atoms with van der Waals surface area (Å²) in [5, 5.41) is 5.01. The van der Waals surface area contributed by atoms with Crippen molar-refractivity contribution < 1.29 is 14.3 Å². The van der Waals surface area contributed by atoms with Gasteiger partial charge in [0.15, 0.2) is 0 Å². The van der Waals surface area contributed by atoms with Gasteiger partial charge in [0.05, 0.1) is 19.3 Å². The molecule has 2 amide bonds. The molecule has 6 nitrogen and oxygen atoms in total. The highest BCUT2D eigenvalue weighted by Gasteiger charge is 2.13. The van der Waals surface area contributed by atoms with Crippen molar-refractivity contribution in [3.05, 3.63) is 54.4 Å². The minimum absolute atomic E-state index is 0.204. The Morgan fingerprint density at radius 2 is 1.86 bits per heavy atom. The maximum absolute atomic E-state index is 11.7. The largest absolute Gasteiger partial charge is 0.497 e. The molecule has 2 rings (SSSR count). The van der Waals surface area contributed by atoms with E-state index in [4.69, 9.17) is 4.74 Å². The molecule has 21 heavy (non-hydrogen) atoms. The topological polar surface area (TPSA) is 80.3 Å². The Kier molecular flexibility index (Phi) is 4.87. The number of aromatic nitrogens is 1. The Hall–Kier alpha value is -2.89. The molecule has 0 radical (unpaired) electrons. The van der Waals surface area contributed by atoms with Crippen LogP contribution in [0.3, 0.4) is 0 Å². The number of nitrogens with one attached hydrogen (secondary N) is 2. The molecule has 1 heterocycles. The maximum atomic E-state index is 11.7. The van der Waals surface area contributed by atoms with E-state index in [0.29, 0.717) is 17.1 Å². The standard InChI is InChI=1S/C15H15N3O3/c1-21-13-7-5-11(6-8-13)18-15(20)14(19)17-10-12-4-2-3-9-16-12/h2-9H,10H2,1H3,(H,17,19)(H,18,20). The SMILES string of the molecule is COc1ccc(NC(=O)C(=O)NCc2ccccn2)cc1. The van der Waals surface area contributed by atoms with E-state index in [-0.39, 0.29) is 6.54 Å². The van der Waals surface area contributed by atoms with Crippen LogP contribution in [0.2, 0.25) is 0 Å². The molecule has 0 bridgehead atoms. The van der Waals surface area contributed by atoms with Crippen LogP contribution >= 0.6 is 0 Å². The summed E-state index contributed by atoms with van der Waals surface area (Å²) in [5.41, 5.74) is 1.21. The van der Waals surface area contributed by atoms with Crippen LogP contribution in [0.5, 0.6) is 5.75 Å². The van der Waals surface area contributed by atoms with Gasteiger partial charge in [0.25, 0.3) is 0 Å². The number of hydrogen-bond acceptors (Lipinski definition) is 4. The molecule has 108 valence electrons. The number of carbonyl (C=O) groups excluding carboxylic acids is 2. The van der Waals surface area contributed by atoms with Crippen molar-refractivity contribution in [3.63, 3.8) is 0 Å². The molecule has 0 atom stereocenters. The van der Waals surface area contributed by atoms with Crippen molar-refractivity contribution in [1.82, 2.24) is 10.3 Å². The zero-order valence-corrected chi connectivity index (χ0v) is 11.5.